The van der Waals surface area contributed by atoms with Crippen LogP contribution in [-0.4, -0.2) is 39.6 Å². The average Bonchev–Trinajstić information content (AvgIpc) is 1.82. The maximum absolute atomic E-state index is 10.1. The van der Waals surface area contributed by atoms with Crippen LogP contribution in [0.3, 0.4) is 0 Å². The molecular weight excluding hydrogens is 280 g/mol. The van der Waals surface area contributed by atoms with Gasteiger partial charge in [-0.05, 0) is 0 Å². The molecule has 98 valence electrons. The predicted octanol–water partition coefficient (Wildman–Crippen LogP) is -6.90. The van der Waals surface area contributed by atoms with Gasteiger partial charge in [0.15, 0.2) is 0 Å². The number of carbonyl (C=O) groups excluding carboxylic acids is 3. The van der Waals surface area contributed by atoms with E-state index in [4.69, 9.17) is 5.11 Å². The van der Waals surface area contributed by atoms with E-state index in [2.05, 4.69) is 0 Å². The molecule has 5 N–H and O–H groups in total. The van der Waals surface area contributed by atoms with Crippen molar-refractivity contribution in [2.24, 2.45) is 0 Å². The first-order valence-electron chi connectivity index (χ1n) is 3.11. The molecule has 0 bridgehead atoms. The number of carboxylic acids is 3. The number of carboxylic acid groups (broad SMARTS) is 3. The van der Waals surface area contributed by atoms with E-state index in [0.717, 1.165) is 0 Å². The van der Waals surface area contributed by atoms with Gasteiger partial charge in [-0.15, -0.1) is 0 Å². The topological polar surface area (TPSA) is 204 Å². The van der Waals surface area contributed by atoms with Crippen LogP contribution in [0.4, 0.5) is 0 Å². The summed E-state index contributed by atoms with van der Waals surface area (Å²) < 4.78 is 0. The quantitative estimate of drug-likeness (QED) is 0.483. The molecule has 9 nitrogen and oxygen atoms in total. The Hall–Kier alpha value is -1.19. The number of carbonyl (C=O) groups is 3. The molecule has 10 heteroatoms. The molecule has 0 aromatic heterocycles. The summed E-state index contributed by atoms with van der Waals surface area (Å²) in [6, 6.07) is 0. The zero-order valence-electron chi connectivity index (χ0n) is 7.61. The Balaban J connectivity index is -0.000000240. The first kappa shape index (κ1) is 24.2. The molecule has 16 heavy (non-hydrogen) atoms. The molecule has 0 fully saturated rings. The van der Waals surface area contributed by atoms with Gasteiger partial charge in [0.2, 0.25) is 0 Å². The molecule has 0 radical (unpaired) electrons. The van der Waals surface area contributed by atoms with Crippen molar-refractivity contribution >= 4 is 17.9 Å². The van der Waals surface area contributed by atoms with Crippen molar-refractivity contribution in [2.75, 3.05) is 0 Å². The summed E-state index contributed by atoms with van der Waals surface area (Å²) >= 11 is 0. The average molecular weight is 289 g/mol. The number of aliphatic carboxylic acids is 3. The largest absolute Gasteiger partial charge is 3.00 e. The zero-order valence-corrected chi connectivity index (χ0v) is 8.55. The minimum absolute atomic E-state index is 0. The second-order valence-electron chi connectivity index (χ2n) is 2.42. The molecular formula is C6H9CuO9. The first-order valence-corrected chi connectivity index (χ1v) is 3.11. The van der Waals surface area contributed by atoms with E-state index in [1.807, 2.05) is 0 Å². The molecule has 0 aromatic rings. The monoisotopic (exact) mass is 288 g/mol. The number of hydrogen-bond acceptors (Lipinski definition) is 7. The second kappa shape index (κ2) is 9.07. The maximum atomic E-state index is 10.1. The van der Waals surface area contributed by atoms with Crippen molar-refractivity contribution < 1.29 is 62.8 Å². The van der Waals surface area contributed by atoms with E-state index >= 15 is 0 Å². The van der Waals surface area contributed by atoms with Crippen molar-refractivity contribution in [3.63, 3.8) is 0 Å². The van der Waals surface area contributed by atoms with Gasteiger partial charge in [-0.2, -0.15) is 0 Å². The van der Waals surface area contributed by atoms with Crippen LogP contribution in [0.25, 0.3) is 0 Å². The maximum Gasteiger partial charge on any atom is 3.00 e. The van der Waals surface area contributed by atoms with Crippen LogP contribution in [0.15, 0.2) is 0 Å². The zero-order chi connectivity index (χ0) is 10.6. The third kappa shape index (κ3) is 8.15. The van der Waals surface area contributed by atoms with Crippen molar-refractivity contribution in [3.8, 4) is 0 Å². The Morgan fingerprint density at radius 1 is 0.938 bits per heavy atom. The summed E-state index contributed by atoms with van der Waals surface area (Å²) in [7, 11) is 0. The Morgan fingerprint density at radius 2 is 1.19 bits per heavy atom. The van der Waals surface area contributed by atoms with Crippen molar-refractivity contribution in [1.29, 1.82) is 0 Å². The van der Waals surface area contributed by atoms with Gasteiger partial charge in [0.25, 0.3) is 0 Å². The Kier molecular flexibility index (Phi) is 13.7. The summed E-state index contributed by atoms with van der Waals surface area (Å²) in [4.78, 5) is 30.0. The van der Waals surface area contributed by atoms with Gasteiger partial charge in [0, 0.05) is 24.8 Å². The van der Waals surface area contributed by atoms with E-state index in [9.17, 15) is 29.7 Å². The molecule has 0 aliphatic carbocycles. The molecule has 0 aliphatic heterocycles. The van der Waals surface area contributed by atoms with Gasteiger partial charge >= 0.3 is 17.1 Å². The fraction of sp³-hybridized carbons (Fsp3) is 0.500. The minimum atomic E-state index is -2.97. The summed E-state index contributed by atoms with van der Waals surface area (Å²) in [5.41, 5.74) is -2.97. The van der Waals surface area contributed by atoms with Gasteiger partial charge in [-0.25, -0.2) is 0 Å². The molecule has 0 atom stereocenters. The molecule has 0 aromatic carbocycles. The van der Waals surface area contributed by atoms with Crippen LogP contribution in [-0.2, 0) is 31.5 Å². The van der Waals surface area contributed by atoms with Crippen LogP contribution in [0.2, 0.25) is 0 Å². The van der Waals surface area contributed by atoms with Crippen LogP contribution < -0.4 is 15.3 Å². The molecule has 0 saturated heterocycles. The van der Waals surface area contributed by atoms with Crippen LogP contribution in [0.1, 0.15) is 12.8 Å². The molecule has 0 aliphatic rings. The molecule has 0 amide bonds. The normalized spacial score (nSPS) is 8.81. The molecule has 0 saturated carbocycles. The minimum Gasteiger partial charge on any atom is -0.550 e. The number of hydrogen-bond donors (Lipinski definition) is 1. The SMILES string of the molecule is O.O.O=C([O-])CC(O)(CC(=O)[O-])C(=O)[O-].[Cu+3]. The number of rotatable bonds is 5. The van der Waals surface area contributed by atoms with Gasteiger partial charge in [0.05, 0.1) is 5.97 Å². The fourth-order valence-electron chi connectivity index (χ4n) is 0.684. The van der Waals surface area contributed by atoms with E-state index in [1.165, 1.54) is 0 Å². The van der Waals surface area contributed by atoms with E-state index < -0.39 is 36.4 Å². The Morgan fingerprint density at radius 3 is 1.31 bits per heavy atom. The van der Waals surface area contributed by atoms with E-state index in [1.54, 1.807) is 0 Å². The standard InChI is InChI=1S/C6H8O7.Cu.2H2O/c7-3(8)1-6(13,5(11)12)2-4(9)10;;;/h13H,1-2H2,(H,7,8)(H,9,10)(H,11,12);;2*1H2/q;+3;;/p-3. The molecule has 0 heterocycles. The van der Waals surface area contributed by atoms with Gasteiger partial charge in [-0.1, -0.05) is 0 Å². The Bertz CT molecular complexity index is 234. The Labute approximate surface area is 99.8 Å². The molecule has 0 spiro atoms. The van der Waals surface area contributed by atoms with E-state index in [0.29, 0.717) is 0 Å². The first-order chi connectivity index (χ1) is 5.78. The third-order valence-electron chi connectivity index (χ3n) is 1.25. The van der Waals surface area contributed by atoms with E-state index in [-0.39, 0.29) is 28.0 Å². The van der Waals surface area contributed by atoms with Crippen molar-refractivity contribution in [2.45, 2.75) is 18.4 Å². The summed E-state index contributed by atoms with van der Waals surface area (Å²) in [5, 5.41) is 38.9. The molecule has 0 unspecified atom stereocenters. The van der Waals surface area contributed by atoms with Crippen molar-refractivity contribution in [1.82, 2.24) is 0 Å². The molecule has 0 rings (SSSR count). The fourth-order valence-corrected chi connectivity index (χ4v) is 0.684. The van der Waals surface area contributed by atoms with Crippen LogP contribution in [0, 0.1) is 0 Å². The summed E-state index contributed by atoms with van der Waals surface area (Å²) in [6.45, 7) is 0. The second-order valence-corrected chi connectivity index (χ2v) is 2.42. The van der Waals surface area contributed by atoms with Gasteiger partial charge < -0.3 is 45.8 Å². The van der Waals surface area contributed by atoms with Crippen LogP contribution in [0.5, 0.6) is 0 Å². The smallest absolute Gasteiger partial charge is 0.550 e. The van der Waals surface area contributed by atoms with Gasteiger partial charge in [-0.3, -0.25) is 0 Å². The predicted molar refractivity (Wildman–Crippen MR) is 36.4 cm³/mol. The summed E-state index contributed by atoms with van der Waals surface area (Å²) in [6.07, 6.45) is -2.72. The van der Waals surface area contributed by atoms with Crippen molar-refractivity contribution in [3.05, 3.63) is 0 Å². The third-order valence-corrected chi connectivity index (χ3v) is 1.25. The number of aliphatic hydroxyl groups is 1. The van der Waals surface area contributed by atoms with Crippen LogP contribution >= 0.6 is 0 Å². The van der Waals surface area contributed by atoms with Gasteiger partial charge in [0.1, 0.15) is 5.60 Å². The summed E-state index contributed by atoms with van der Waals surface area (Å²) in [5.74, 6) is -5.98.